The highest BCUT2D eigenvalue weighted by Gasteiger charge is 2.13. The molecule has 2 rings (SSSR count). The number of nitrogens with one attached hydrogen (secondary N) is 2. The molecule has 2 aromatic rings. The van der Waals surface area contributed by atoms with Crippen LogP contribution in [0, 0.1) is 11.6 Å². The van der Waals surface area contributed by atoms with Gasteiger partial charge in [-0.05, 0) is 31.3 Å². The van der Waals surface area contributed by atoms with Crippen molar-refractivity contribution in [3.05, 3.63) is 47.0 Å². The van der Waals surface area contributed by atoms with E-state index in [4.69, 9.17) is 16.2 Å². The van der Waals surface area contributed by atoms with Crippen molar-refractivity contribution >= 4 is 40.7 Å². The van der Waals surface area contributed by atoms with Gasteiger partial charge in [-0.25, -0.2) is 8.78 Å². The quantitative estimate of drug-likeness (QED) is 0.620. The second-order valence-electron chi connectivity index (χ2n) is 5.17. The minimum Gasteiger partial charge on any atom is -0.372 e. The highest BCUT2D eigenvalue weighted by atomic mass is 35.5. The first-order valence-corrected chi connectivity index (χ1v) is 8.34. The molecular weight excluding hydrogens is 356 g/mol. The van der Waals surface area contributed by atoms with Crippen LogP contribution in [0.15, 0.2) is 35.2 Å². The second kappa shape index (κ2) is 8.53. The number of benzene rings is 2. The fourth-order valence-electron chi connectivity index (χ4n) is 2.17. The summed E-state index contributed by atoms with van der Waals surface area (Å²) >= 11 is 6.42. The maximum absolute atomic E-state index is 13.9. The normalized spacial score (nSPS) is 10.8. The lowest BCUT2D eigenvalue weighted by atomic mass is 10.2. The van der Waals surface area contributed by atoms with Gasteiger partial charge >= 0.3 is 0 Å². The van der Waals surface area contributed by atoms with Crippen LogP contribution in [-0.2, 0) is 0 Å². The first kappa shape index (κ1) is 18.8. The number of rotatable bonds is 7. The van der Waals surface area contributed by atoms with E-state index in [1.165, 1.54) is 24.3 Å². The van der Waals surface area contributed by atoms with Gasteiger partial charge in [0.1, 0.15) is 11.6 Å². The number of hydrogen-bond acceptors (Lipinski definition) is 5. The predicted octanol–water partition coefficient (Wildman–Crippen LogP) is 4.58. The van der Waals surface area contributed by atoms with E-state index >= 15 is 0 Å². The first-order valence-electron chi connectivity index (χ1n) is 7.19. The van der Waals surface area contributed by atoms with Crippen LogP contribution in [0.25, 0.3) is 0 Å². The standard InChI is InChI=1S/C16H18ClF2N3OS/c1-20-5-6-22(2)15-7-10(18)3-4-13(15)21-14-9-12(19)16(24-23)8-11(14)17/h3-4,7-9,20-21,23H,5-6H2,1-2H3. The lowest BCUT2D eigenvalue weighted by Crippen LogP contribution is -2.27. The molecule has 0 aromatic heterocycles. The molecule has 0 aliphatic carbocycles. The molecule has 3 N–H and O–H groups in total. The third kappa shape index (κ3) is 4.51. The zero-order chi connectivity index (χ0) is 17.7. The van der Waals surface area contributed by atoms with Crippen LogP contribution in [-0.4, -0.2) is 31.7 Å². The van der Waals surface area contributed by atoms with Crippen LogP contribution in [0.3, 0.4) is 0 Å². The highest BCUT2D eigenvalue weighted by Crippen LogP contribution is 2.35. The van der Waals surface area contributed by atoms with Gasteiger partial charge in [0, 0.05) is 38.2 Å². The molecule has 0 radical (unpaired) electrons. The van der Waals surface area contributed by atoms with Gasteiger partial charge in [-0.3, -0.25) is 0 Å². The maximum atomic E-state index is 13.9. The van der Waals surface area contributed by atoms with E-state index < -0.39 is 5.82 Å². The molecule has 0 saturated carbocycles. The lowest BCUT2D eigenvalue weighted by molar-refractivity contribution is 0.591. The number of nitrogens with zero attached hydrogens (tertiary/aromatic N) is 1. The van der Waals surface area contributed by atoms with Gasteiger partial charge in [-0.1, -0.05) is 11.6 Å². The van der Waals surface area contributed by atoms with Gasteiger partial charge in [0.2, 0.25) is 0 Å². The Morgan fingerprint density at radius 1 is 1.21 bits per heavy atom. The van der Waals surface area contributed by atoms with Crippen molar-refractivity contribution in [1.29, 1.82) is 0 Å². The summed E-state index contributed by atoms with van der Waals surface area (Å²) < 4.78 is 36.5. The fraction of sp³-hybridized carbons (Fsp3) is 0.250. The average molecular weight is 374 g/mol. The van der Waals surface area contributed by atoms with Crippen molar-refractivity contribution in [2.45, 2.75) is 4.90 Å². The van der Waals surface area contributed by atoms with Crippen molar-refractivity contribution in [1.82, 2.24) is 5.32 Å². The van der Waals surface area contributed by atoms with E-state index in [1.807, 2.05) is 19.0 Å². The smallest absolute Gasteiger partial charge is 0.141 e. The Hall–Kier alpha value is -1.54. The summed E-state index contributed by atoms with van der Waals surface area (Å²) in [7, 11) is 3.67. The first-order chi connectivity index (χ1) is 11.5. The van der Waals surface area contributed by atoms with Crippen LogP contribution in [0.1, 0.15) is 0 Å². The van der Waals surface area contributed by atoms with E-state index in [2.05, 4.69) is 10.6 Å². The molecule has 0 aliphatic rings. The van der Waals surface area contributed by atoms with Crippen molar-refractivity contribution < 1.29 is 13.3 Å². The molecule has 0 spiro atoms. The van der Waals surface area contributed by atoms with Crippen LogP contribution in [0.4, 0.5) is 25.8 Å². The van der Waals surface area contributed by atoms with Crippen LogP contribution < -0.4 is 15.5 Å². The molecule has 8 heteroatoms. The largest absolute Gasteiger partial charge is 0.372 e. The van der Waals surface area contributed by atoms with Crippen molar-refractivity contribution in [2.75, 3.05) is 37.4 Å². The van der Waals surface area contributed by atoms with E-state index in [1.54, 1.807) is 6.07 Å². The number of anilines is 3. The van der Waals surface area contributed by atoms with Gasteiger partial charge in [0.15, 0.2) is 0 Å². The summed E-state index contributed by atoms with van der Waals surface area (Å²) in [6.07, 6.45) is 0. The highest BCUT2D eigenvalue weighted by molar-refractivity contribution is 7.93. The van der Waals surface area contributed by atoms with E-state index in [-0.39, 0.29) is 15.7 Å². The molecular formula is C16H18ClF2N3OS. The van der Waals surface area contributed by atoms with Gasteiger partial charge in [0.25, 0.3) is 0 Å². The Morgan fingerprint density at radius 2 is 1.96 bits per heavy atom. The van der Waals surface area contributed by atoms with Gasteiger partial charge < -0.3 is 20.1 Å². The Balaban J connectivity index is 2.34. The van der Waals surface area contributed by atoms with E-state index in [9.17, 15) is 8.78 Å². The molecule has 0 heterocycles. The summed E-state index contributed by atoms with van der Waals surface area (Å²) in [4.78, 5) is 1.92. The average Bonchev–Trinajstić information content (AvgIpc) is 2.57. The molecule has 0 bridgehead atoms. The van der Waals surface area contributed by atoms with Gasteiger partial charge in [-0.2, -0.15) is 0 Å². The molecule has 0 fully saturated rings. The number of halogens is 3. The fourth-order valence-corrected chi connectivity index (χ4v) is 2.76. The van der Waals surface area contributed by atoms with Crippen molar-refractivity contribution in [2.24, 2.45) is 0 Å². The Bertz CT molecular complexity index is 718. The number of likely N-dealkylation sites (N-methyl/N-ethyl adjacent to an activating group) is 2. The predicted molar refractivity (Wildman–Crippen MR) is 96.8 cm³/mol. The van der Waals surface area contributed by atoms with E-state index in [0.29, 0.717) is 35.6 Å². The molecule has 0 saturated heterocycles. The molecule has 130 valence electrons. The van der Waals surface area contributed by atoms with E-state index in [0.717, 1.165) is 6.54 Å². The summed E-state index contributed by atoms with van der Waals surface area (Å²) in [6, 6.07) is 6.82. The molecule has 2 aromatic carbocycles. The summed E-state index contributed by atoms with van der Waals surface area (Å²) in [5.41, 5.74) is 1.56. The minimum absolute atomic E-state index is 0.0380. The lowest BCUT2D eigenvalue weighted by Gasteiger charge is -2.23. The van der Waals surface area contributed by atoms with Crippen LogP contribution in [0.5, 0.6) is 0 Å². The minimum atomic E-state index is -0.596. The topological polar surface area (TPSA) is 47.5 Å². The maximum Gasteiger partial charge on any atom is 0.141 e. The van der Waals surface area contributed by atoms with Crippen LogP contribution in [0.2, 0.25) is 5.02 Å². The number of hydrogen-bond donors (Lipinski definition) is 3. The Labute approximate surface area is 149 Å². The zero-order valence-corrected chi connectivity index (χ0v) is 14.8. The summed E-state index contributed by atoms with van der Waals surface area (Å²) in [5.74, 6) is -0.960. The van der Waals surface area contributed by atoms with Crippen LogP contribution >= 0.6 is 23.6 Å². The summed E-state index contributed by atoms with van der Waals surface area (Å²) in [6.45, 7) is 1.39. The summed E-state index contributed by atoms with van der Waals surface area (Å²) in [5, 5.41) is 6.31. The van der Waals surface area contributed by atoms with Crippen molar-refractivity contribution in [3.63, 3.8) is 0 Å². The monoisotopic (exact) mass is 373 g/mol. The van der Waals surface area contributed by atoms with Gasteiger partial charge in [-0.15, -0.1) is 0 Å². The molecule has 0 unspecified atom stereocenters. The van der Waals surface area contributed by atoms with Crippen molar-refractivity contribution in [3.8, 4) is 0 Å². The molecule has 0 atom stereocenters. The Kier molecular flexibility index (Phi) is 6.68. The Morgan fingerprint density at radius 3 is 2.62 bits per heavy atom. The van der Waals surface area contributed by atoms with Gasteiger partial charge in [0.05, 0.1) is 27.0 Å². The second-order valence-corrected chi connectivity index (χ2v) is 6.19. The molecule has 0 amide bonds. The SMILES string of the molecule is CNCCN(C)c1cc(F)ccc1Nc1cc(F)c(SO)cc1Cl. The molecule has 24 heavy (non-hydrogen) atoms. The third-order valence-electron chi connectivity index (χ3n) is 3.46. The third-order valence-corrected chi connectivity index (χ3v) is 4.28. The zero-order valence-electron chi connectivity index (χ0n) is 13.2. The molecule has 4 nitrogen and oxygen atoms in total. The molecule has 0 aliphatic heterocycles.